The Balaban J connectivity index is 1.71. The maximum absolute atomic E-state index is 12.2. The van der Waals surface area contributed by atoms with Gasteiger partial charge < -0.3 is 4.74 Å². The third-order valence-corrected chi connectivity index (χ3v) is 5.19. The maximum atomic E-state index is 12.2. The summed E-state index contributed by atoms with van der Waals surface area (Å²) in [5, 5.41) is 4.43. The molecule has 0 aromatic carbocycles. The molecule has 2 rings (SSSR count). The van der Waals surface area contributed by atoms with Crippen LogP contribution < -0.4 is 0 Å². The summed E-state index contributed by atoms with van der Waals surface area (Å²) in [6.07, 6.45) is 6.79. The van der Waals surface area contributed by atoms with Crippen LogP contribution in [-0.4, -0.2) is 28.5 Å². The number of alkyl halides is 3. The Morgan fingerprint density at radius 3 is 2.33 bits per heavy atom. The average molecular weight is 388 g/mol. The number of hydrogen-bond acceptors (Lipinski definition) is 3. The molecule has 154 valence electrons. The van der Waals surface area contributed by atoms with E-state index in [4.69, 9.17) is 4.74 Å². The molecular weight excluding hydrogens is 357 g/mol. The molecule has 0 radical (unpaired) electrons. The molecule has 0 aliphatic heterocycles. The van der Waals surface area contributed by atoms with Crippen molar-refractivity contribution in [2.45, 2.75) is 96.2 Å². The first-order valence-electron chi connectivity index (χ1n) is 10.2. The standard InChI is InChI=1S/C20H31F3N2O2/c1-2-27-19(26)17-15-24-25(16-11-10-12-16)18(17)13-8-6-4-3-5-7-9-14-20(21,22)23/h15-16H,2-14H2,1H3. The lowest BCUT2D eigenvalue weighted by atomic mass is 9.92. The molecule has 0 spiro atoms. The Labute approximate surface area is 159 Å². The van der Waals surface area contributed by atoms with Gasteiger partial charge in [-0.25, -0.2) is 4.79 Å². The average Bonchev–Trinajstić information content (AvgIpc) is 2.94. The van der Waals surface area contributed by atoms with E-state index in [0.717, 1.165) is 57.1 Å². The molecule has 0 atom stereocenters. The number of unbranched alkanes of at least 4 members (excludes halogenated alkanes) is 6. The molecule has 0 amide bonds. The van der Waals surface area contributed by atoms with Gasteiger partial charge in [0, 0.05) is 6.42 Å². The number of carbonyl (C=O) groups is 1. The van der Waals surface area contributed by atoms with E-state index in [1.54, 1.807) is 13.1 Å². The largest absolute Gasteiger partial charge is 0.462 e. The van der Waals surface area contributed by atoms with Gasteiger partial charge in [-0.05, 0) is 45.4 Å². The van der Waals surface area contributed by atoms with Crippen molar-refractivity contribution >= 4 is 5.97 Å². The highest BCUT2D eigenvalue weighted by molar-refractivity contribution is 5.90. The first kappa shape index (κ1) is 21.8. The highest BCUT2D eigenvalue weighted by Gasteiger charge is 2.27. The van der Waals surface area contributed by atoms with Gasteiger partial charge in [-0.15, -0.1) is 0 Å². The Bertz CT molecular complexity index is 580. The van der Waals surface area contributed by atoms with Gasteiger partial charge in [-0.1, -0.05) is 32.1 Å². The first-order chi connectivity index (χ1) is 12.9. The molecule has 1 aliphatic rings. The van der Waals surface area contributed by atoms with Crippen LogP contribution in [-0.2, 0) is 11.2 Å². The van der Waals surface area contributed by atoms with E-state index in [0.29, 0.717) is 24.6 Å². The van der Waals surface area contributed by atoms with Crippen molar-refractivity contribution in [3.05, 3.63) is 17.5 Å². The monoisotopic (exact) mass is 388 g/mol. The minimum Gasteiger partial charge on any atom is -0.462 e. The lowest BCUT2D eigenvalue weighted by Crippen LogP contribution is -2.21. The van der Waals surface area contributed by atoms with E-state index >= 15 is 0 Å². The fourth-order valence-electron chi connectivity index (χ4n) is 3.46. The van der Waals surface area contributed by atoms with Gasteiger partial charge in [0.1, 0.15) is 5.56 Å². The smallest absolute Gasteiger partial charge is 0.389 e. The van der Waals surface area contributed by atoms with Gasteiger partial charge >= 0.3 is 12.1 Å². The van der Waals surface area contributed by atoms with Crippen molar-refractivity contribution < 1.29 is 22.7 Å². The molecule has 1 saturated carbocycles. The Hall–Kier alpha value is -1.53. The number of nitrogens with zero attached hydrogens (tertiary/aromatic N) is 2. The molecule has 0 N–H and O–H groups in total. The van der Waals surface area contributed by atoms with Crippen LogP contribution in [0.25, 0.3) is 0 Å². The van der Waals surface area contributed by atoms with Gasteiger partial charge in [-0.2, -0.15) is 18.3 Å². The van der Waals surface area contributed by atoms with Crippen molar-refractivity contribution in [2.75, 3.05) is 6.61 Å². The quantitative estimate of drug-likeness (QED) is 0.325. The summed E-state index contributed by atoms with van der Waals surface area (Å²) in [5.74, 6) is -0.303. The Morgan fingerprint density at radius 1 is 1.15 bits per heavy atom. The second-order valence-electron chi connectivity index (χ2n) is 7.34. The van der Waals surface area contributed by atoms with Crippen LogP contribution in [0.15, 0.2) is 6.20 Å². The van der Waals surface area contributed by atoms with Gasteiger partial charge in [0.15, 0.2) is 0 Å². The van der Waals surface area contributed by atoms with Crippen LogP contribution in [0.5, 0.6) is 0 Å². The molecule has 0 saturated heterocycles. The summed E-state index contributed by atoms with van der Waals surface area (Å²) in [4.78, 5) is 12.2. The third kappa shape index (κ3) is 7.18. The molecule has 1 aromatic heterocycles. The number of halogens is 3. The van der Waals surface area contributed by atoms with E-state index in [9.17, 15) is 18.0 Å². The predicted molar refractivity (Wildman–Crippen MR) is 97.8 cm³/mol. The highest BCUT2D eigenvalue weighted by atomic mass is 19.4. The van der Waals surface area contributed by atoms with E-state index in [-0.39, 0.29) is 12.4 Å². The first-order valence-corrected chi connectivity index (χ1v) is 10.2. The number of carbonyl (C=O) groups excluding carboxylic acids is 1. The minimum absolute atomic E-state index is 0.229. The SMILES string of the molecule is CCOC(=O)c1cnn(C2CCC2)c1CCCCCCCCCC(F)(F)F. The van der Waals surface area contributed by atoms with Gasteiger partial charge in [0.25, 0.3) is 0 Å². The number of aromatic nitrogens is 2. The molecule has 4 nitrogen and oxygen atoms in total. The fourth-order valence-corrected chi connectivity index (χ4v) is 3.46. The molecular formula is C20H31F3N2O2. The summed E-state index contributed by atoms with van der Waals surface area (Å²) in [6.45, 7) is 2.14. The molecule has 27 heavy (non-hydrogen) atoms. The zero-order chi connectivity index (χ0) is 19.7. The summed E-state index contributed by atoms with van der Waals surface area (Å²) in [5.41, 5.74) is 1.55. The minimum atomic E-state index is -4.03. The summed E-state index contributed by atoms with van der Waals surface area (Å²) >= 11 is 0. The van der Waals surface area contributed by atoms with Gasteiger partial charge in [0.2, 0.25) is 0 Å². The van der Waals surface area contributed by atoms with Crippen molar-refractivity contribution in [1.29, 1.82) is 0 Å². The summed E-state index contributed by atoms with van der Waals surface area (Å²) in [6, 6.07) is 0.400. The zero-order valence-corrected chi connectivity index (χ0v) is 16.2. The van der Waals surface area contributed by atoms with Crippen molar-refractivity contribution in [1.82, 2.24) is 9.78 Å². The topological polar surface area (TPSA) is 44.1 Å². The summed E-state index contributed by atoms with van der Waals surface area (Å²) < 4.78 is 43.4. The second kappa shape index (κ2) is 10.7. The molecule has 1 aromatic rings. The highest BCUT2D eigenvalue weighted by Crippen LogP contribution is 2.33. The van der Waals surface area contributed by atoms with Crippen LogP contribution in [0.1, 0.15) is 99.6 Å². The van der Waals surface area contributed by atoms with Crippen LogP contribution in [0.3, 0.4) is 0 Å². The van der Waals surface area contributed by atoms with Crippen molar-refractivity contribution in [2.24, 2.45) is 0 Å². The van der Waals surface area contributed by atoms with Gasteiger partial charge in [0.05, 0.1) is 24.5 Å². The number of hydrogen-bond donors (Lipinski definition) is 0. The molecule has 1 aliphatic carbocycles. The van der Waals surface area contributed by atoms with E-state index in [1.165, 1.54) is 6.42 Å². The summed E-state index contributed by atoms with van der Waals surface area (Å²) in [7, 11) is 0. The van der Waals surface area contributed by atoms with Crippen molar-refractivity contribution in [3.63, 3.8) is 0 Å². The molecule has 0 unspecified atom stereocenters. The normalized spacial score (nSPS) is 15.0. The second-order valence-corrected chi connectivity index (χ2v) is 7.34. The lowest BCUT2D eigenvalue weighted by Gasteiger charge is -2.27. The molecule has 7 heteroatoms. The van der Waals surface area contributed by atoms with Crippen LogP contribution in [0.4, 0.5) is 13.2 Å². The predicted octanol–water partition coefficient (Wildman–Crippen LogP) is 6.01. The van der Waals surface area contributed by atoms with E-state index in [1.807, 2.05) is 4.68 Å². The number of ether oxygens (including phenoxy) is 1. The molecule has 1 heterocycles. The maximum Gasteiger partial charge on any atom is 0.389 e. The number of rotatable bonds is 12. The molecule has 1 fully saturated rings. The zero-order valence-electron chi connectivity index (χ0n) is 16.2. The van der Waals surface area contributed by atoms with Crippen LogP contribution in [0.2, 0.25) is 0 Å². The number of esters is 1. The van der Waals surface area contributed by atoms with Crippen LogP contribution in [0, 0.1) is 0 Å². The van der Waals surface area contributed by atoms with E-state index < -0.39 is 12.6 Å². The third-order valence-electron chi connectivity index (χ3n) is 5.19. The lowest BCUT2D eigenvalue weighted by molar-refractivity contribution is -0.135. The Morgan fingerprint density at radius 2 is 1.78 bits per heavy atom. The van der Waals surface area contributed by atoms with Crippen molar-refractivity contribution in [3.8, 4) is 0 Å². The van der Waals surface area contributed by atoms with E-state index in [2.05, 4.69) is 5.10 Å². The van der Waals surface area contributed by atoms with Gasteiger partial charge in [-0.3, -0.25) is 4.68 Å². The molecule has 0 bridgehead atoms. The van der Waals surface area contributed by atoms with Crippen LogP contribution >= 0.6 is 0 Å². The Kier molecular flexibility index (Phi) is 8.64. The fraction of sp³-hybridized carbons (Fsp3) is 0.800.